The molecule has 6 N–H and O–H groups in total. The number of pyridine rings is 2. The van der Waals surface area contributed by atoms with Crippen molar-refractivity contribution in [3.63, 3.8) is 0 Å². The SMILES string of the molecule is NCCCNc1cc(-c2cc(NC3CCC(N)CC3)ncc2Cl)ccn1. The second kappa shape index (κ2) is 9.16. The lowest BCUT2D eigenvalue weighted by molar-refractivity contribution is 0.410. The van der Waals surface area contributed by atoms with Gasteiger partial charge in [-0.25, -0.2) is 9.97 Å². The van der Waals surface area contributed by atoms with Crippen molar-refractivity contribution in [2.24, 2.45) is 11.5 Å². The summed E-state index contributed by atoms with van der Waals surface area (Å²) in [7, 11) is 0. The molecule has 2 aromatic heterocycles. The van der Waals surface area contributed by atoms with Crippen molar-refractivity contribution in [3.05, 3.63) is 35.6 Å². The summed E-state index contributed by atoms with van der Waals surface area (Å²) in [6.45, 7) is 1.46. The van der Waals surface area contributed by atoms with Gasteiger partial charge in [0.05, 0.1) is 5.02 Å². The van der Waals surface area contributed by atoms with Crippen molar-refractivity contribution in [2.45, 2.75) is 44.2 Å². The van der Waals surface area contributed by atoms with Gasteiger partial charge in [0.2, 0.25) is 0 Å². The van der Waals surface area contributed by atoms with Crippen LogP contribution in [-0.2, 0) is 0 Å². The first-order valence-corrected chi connectivity index (χ1v) is 9.61. The molecule has 0 saturated heterocycles. The first-order chi connectivity index (χ1) is 12.7. The van der Waals surface area contributed by atoms with Gasteiger partial charge in [-0.15, -0.1) is 0 Å². The van der Waals surface area contributed by atoms with E-state index in [-0.39, 0.29) is 0 Å². The Labute approximate surface area is 159 Å². The van der Waals surface area contributed by atoms with Crippen molar-refractivity contribution in [2.75, 3.05) is 23.7 Å². The predicted octanol–water partition coefficient (Wildman–Crippen LogP) is 3.24. The molecule has 0 aromatic carbocycles. The van der Waals surface area contributed by atoms with Crippen molar-refractivity contribution in [3.8, 4) is 11.1 Å². The monoisotopic (exact) mass is 374 g/mol. The summed E-state index contributed by atoms with van der Waals surface area (Å²) in [4.78, 5) is 8.79. The average molecular weight is 375 g/mol. The van der Waals surface area contributed by atoms with Gasteiger partial charge in [-0.2, -0.15) is 0 Å². The number of nitrogens with two attached hydrogens (primary N) is 2. The van der Waals surface area contributed by atoms with Gasteiger partial charge in [0.25, 0.3) is 0 Å². The maximum atomic E-state index is 6.41. The highest BCUT2D eigenvalue weighted by Crippen LogP contribution is 2.31. The Kier molecular flexibility index (Phi) is 6.66. The number of aromatic nitrogens is 2. The zero-order chi connectivity index (χ0) is 18.4. The molecule has 26 heavy (non-hydrogen) atoms. The Balaban J connectivity index is 1.74. The van der Waals surface area contributed by atoms with Crippen LogP contribution in [0, 0.1) is 0 Å². The quantitative estimate of drug-likeness (QED) is 0.555. The Bertz CT molecular complexity index is 715. The number of rotatable bonds is 7. The molecule has 0 radical (unpaired) electrons. The van der Waals surface area contributed by atoms with Crippen LogP contribution in [0.5, 0.6) is 0 Å². The predicted molar refractivity (Wildman–Crippen MR) is 108 cm³/mol. The fourth-order valence-corrected chi connectivity index (χ4v) is 3.44. The van der Waals surface area contributed by atoms with Crippen LogP contribution in [0.4, 0.5) is 11.6 Å². The molecule has 7 heteroatoms. The van der Waals surface area contributed by atoms with Crippen molar-refractivity contribution in [1.29, 1.82) is 0 Å². The summed E-state index contributed by atoms with van der Waals surface area (Å²) < 4.78 is 0. The Morgan fingerprint density at radius 2 is 1.92 bits per heavy atom. The van der Waals surface area contributed by atoms with E-state index in [1.165, 1.54) is 0 Å². The highest BCUT2D eigenvalue weighted by molar-refractivity contribution is 6.33. The van der Waals surface area contributed by atoms with Gasteiger partial charge < -0.3 is 22.1 Å². The summed E-state index contributed by atoms with van der Waals surface area (Å²) in [5, 5.41) is 7.43. The van der Waals surface area contributed by atoms with Gasteiger partial charge in [-0.05, 0) is 62.4 Å². The van der Waals surface area contributed by atoms with E-state index in [1.54, 1.807) is 12.4 Å². The first kappa shape index (κ1) is 18.9. The van der Waals surface area contributed by atoms with E-state index in [0.29, 0.717) is 23.7 Å². The zero-order valence-electron chi connectivity index (χ0n) is 14.9. The molecule has 0 aliphatic heterocycles. The molecule has 1 aliphatic carbocycles. The van der Waals surface area contributed by atoms with Gasteiger partial charge in [-0.1, -0.05) is 11.6 Å². The van der Waals surface area contributed by atoms with Gasteiger partial charge in [0.1, 0.15) is 11.6 Å². The fraction of sp³-hybridized carbons (Fsp3) is 0.474. The summed E-state index contributed by atoms with van der Waals surface area (Å²) >= 11 is 6.41. The molecule has 140 valence electrons. The number of hydrogen-bond donors (Lipinski definition) is 4. The maximum Gasteiger partial charge on any atom is 0.126 e. The minimum absolute atomic E-state index is 0.337. The molecule has 0 atom stereocenters. The fourth-order valence-electron chi connectivity index (χ4n) is 3.22. The van der Waals surface area contributed by atoms with Crippen molar-refractivity contribution in [1.82, 2.24) is 9.97 Å². The van der Waals surface area contributed by atoms with Gasteiger partial charge in [0.15, 0.2) is 0 Å². The molecule has 1 saturated carbocycles. The first-order valence-electron chi connectivity index (χ1n) is 9.23. The molecule has 6 nitrogen and oxygen atoms in total. The molecule has 0 unspecified atom stereocenters. The summed E-state index contributed by atoms with van der Waals surface area (Å²) in [5.41, 5.74) is 13.5. The lowest BCUT2D eigenvalue weighted by Gasteiger charge is -2.27. The third-order valence-corrected chi connectivity index (χ3v) is 5.04. The smallest absolute Gasteiger partial charge is 0.126 e. The molecule has 2 aromatic rings. The number of nitrogens with one attached hydrogen (secondary N) is 2. The van der Waals surface area contributed by atoms with Crippen molar-refractivity contribution < 1.29 is 0 Å². The van der Waals surface area contributed by atoms with E-state index >= 15 is 0 Å². The van der Waals surface area contributed by atoms with Crippen LogP contribution in [-0.4, -0.2) is 35.1 Å². The zero-order valence-corrected chi connectivity index (χ0v) is 15.7. The summed E-state index contributed by atoms with van der Waals surface area (Å²) in [5.74, 6) is 1.67. The molecular formula is C19H27ClN6. The topological polar surface area (TPSA) is 102 Å². The highest BCUT2D eigenvalue weighted by atomic mass is 35.5. The van der Waals surface area contributed by atoms with Crippen LogP contribution in [0.3, 0.4) is 0 Å². The second-order valence-electron chi connectivity index (χ2n) is 6.80. The molecule has 0 spiro atoms. The molecule has 0 bridgehead atoms. The number of nitrogens with zero attached hydrogens (tertiary/aromatic N) is 2. The van der Waals surface area contributed by atoms with E-state index in [0.717, 1.165) is 61.4 Å². The molecule has 3 rings (SSSR count). The van der Waals surface area contributed by atoms with Crippen LogP contribution in [0.25, 0.3) is 11.1 Å². The minimum atomic E-state index is 0.337. The van der Waals surface area contributed by atoms with E-state index < -0.39 is 0 Å². The molecule has 1 fully saturated rings. The van der Waals surface area contributed by atoms with Crippen LogP contribution in [0.1, 0.15) is 32.1 Å². The lowest BCUT2D eigenvalue weighted by Crippen LogP contribution is -2.33. The third kappa shape index (κ3) is 5.06. The molecule has 1 aliphatic rings. The average Bonchev–Trinajstić information content (AvgIpc) is 2.66. The van der Waals surface area contributed by atoms with Gasteiger partial charge in [-0.3, -0.25) is 0 Å². The Morgan fingerprint density at radius 1 is 1.12 bits per heavy atom. The van der Waals surface area contributed by atoms with E-state index in [9.17, 15) is 0 Å². The second-order valence-corrected chi connectivity index (χ2v) is 7.21. The lowest BCUT2D eigenvalue weighted by atomic mass is 9.92. The Hall–Kier alpha value is -1.89. The van der Waals surface area contributed by atoms with Gasteiger partial charge in [0, 0.05) is 36.6 Å². The largest absolute Gasteiger partial charge is 0.370 e. The van der Waals surface area contributed by atoms with Crippen LogP contribution in [0.15, 0.2) is 30.6 Å². The molecule has 0 amide bonds. The number of hydrogen-bond acceptors (Lipinski definition) is 6. The van der Waals surface area contributed by atoms with E-state index in [4.69, 9.17) is 23.1 Å². The normalized spacial score (nSPS) is 20.0. The standard InChI is InChI=1S/C19H27ClN6/c20-17-12-25-19(26-15-4-2-14(22)3-5-15)11-16(17)13-6-9-24-18(10-13)23-8-1-7-21/h6,9-12,14-15H,1-5,7-8,21-22H2,(H,23,24)(H,25,26). The van der Waals surface area contributed by atoms with Crippen molar-refractivity contribution >= 4 is 23.2 Å². The number of halogens is 1. The maximum absolute atomic E-state index is 6.41. The van der Waals surface area contributed by atoms with Crippen LogP contribution >= 0.6 is 11.6 Å². The van der Waals surface area contributed by atoms with E-state index in [2.05, 4.69) is 20.6 Å². The molecular weight excluding hydrogens is 348 g/mol. The highest BCUT2D eigenvalue weighted by Gasteiger charge is 2.19. The number of anilines is 2. The summed E-state index contributed by atoms with van der Waals surface area (Å²) in [6, 6.07) is 6.72. The van der Waals surface area contributed by atoms with Crippen LogP contribution < -0.4 is 22.1 Å². The third-order valence-electron chi connectivity index (χ3n) is 4.74. The Morgan fingerprint density at radius 3 is 2.69 bits per heavy atom. The summed E-state index contributed by atoms with van der Waals surface area (Å²) in [6.07, 6.45) is 8.65. The van der Waals surface area contributed by atoms with Gasteiger partial charge >= 0.3 is 0 Å². The van der Waals surface area contributed by atoms with Crippen LogP contribution in [0.2, 0.25) is 5.02 Å². The molecule has 2 heterocycles. The minimum Gasteiger partial charge on any atom is -0.370 e. The van der Waals surface area contributed by atoms with E-state index in [1.807, 2.05) is 18.2 Å².